The average molecular weight is 332 g/mol. The lowest BCUT2D eigenvalue weighted by atomic mass is 10.5. The van der Waals surface area contributed by atoms with Crippen LogP contribution in [0.4, 0.5) is 21.4 Å². The molecular weight excluding hydrogens is 326 g/mol. The van der Waals surface area contributed by atoms with Crippen LogP contribution in [0.3, 0.4) is 0 Å². The van der Waals surface area contributed by atoms with Crippen LogP contribution in [0, 0.1) is 0 Å². The molecule has 0 aliphatic rings. The maximum atomic E-state index is 12.8. The average Bonchev–Trinajstić information content (AvgIpc) is 2.26. The van der Waals surface area contributed by atoms with Crippen molar-refractivity contribution in [3.63, 3.8) is 0 Å². The Kier molecular flexibility index (Phi) is 2.62. The number of anilines is 1. The molecule has 0 spiro atoms. The van der Waals surface area contributed by atoms with Crippen LogP contribution in [0.25, 0.3) is 5.69 Å². The van der Waals surface area contributed by atoms with Crippen molar-refractivity contribution in [1.82, 2.24) is 19.5 Å². The SMILES string of the molecule is Nc1ccn(-c2cnc(S(F)(F)(F)(F)Cl)nc2)c(=O)n1. The third-order valence-corrected chi connectivity index (χ3v) is 3.38. The van der Waals surface area contributed by atoms with Crippen molar-refractivity contribution in [3.8, 4) is 5.69 Å². The van der Waals surface area contributed by atoms with Gasteiger partial charge in [-0.3, -0.25) is 4.57 Å². The molecule has 0 radical (unpaired) electrons. The van der Waals surface area contributed by atoms with Gasteiger partial charge >= 0.3 is 5.69 Å². The van der Waals surface area contributed by atoms with Crippen LogP contribution in [0.2, 0.25) is 0 Å². The first-order valence-electron chi connectivity index (χ1n) is 4.78. The zero-order valence-corrected chi connectivity index (χ0v) is 11.0. The highest BCUT2D eigenvalue weighted by Crippen LogP contribution is 3.03. The predicted octanol–water partition coefficient (Wildman–Crippen LogP) is 2.53. The molecule has 0 amide bonds. The van der Waals surface area contributed by atoms with Crippen molar-refractivity contribution in [3.05, 3.63) is 35.1 Å². The fourth-order valence-electron chi connectivity index (χ4n) is 1.25. The molecule has 0 fully saturated rings. The minimum Gasteiger partial charge on any atom is -0.383 e. The summed E-state index contributed by atoms with van der Waals surface area (Å²) in [4.78, 5) is 20.5. The topological polar surface area (TPSA) is 86.7 Å². The fourth-order valence-corrected chi connectivity index (χ4v) is 1.99. The molecule has 2 rings (SSSR count). The molecule has 2 N–H and O–H groups in total. The highest BCUT2D eigenvalue weighted by Gasteiger charge is 2.66. The normalized spacial score (nSPS) is 15.4. The van der Waals surface area contributed by atoms with Crippen LogP contribution in [0.5, 0.6) is 0 Å². The minimum atomic E-state index is -8.96. The van der Waals surface area contributed by atoms with E-state index in [1.165, 1.54) is 6.07 Å². The van der Waals surface area contributed by atoms with Crippen molar-refractivity contribution in [2.45, 2.75) is 5.16 Å². The number of nitrogens with zero attached hydrogens (tertiary/aromatic N) is 4. The lowest BCUT2D eigenvalue weighted by Gasteiger charge is -2.39. The Morgan fingerprint density at radius 2 is 1.75 bits per heavy atom. The van der Waals surface area contributed by atoms with E-state index in [0.29, 0.717) is 12.4 Å². The van der Waals surface area contributed by atoms with Gasteiger partial charge in [0.1, 0.15) is 5.82 Å². The number of aromatic nitrogens is 4. The Bertz CT molecular complexity index is 729. The Hall–Kier alpha value is -1.88. The van der Waals surface area contributed by atoms with E-state index in [2.05, 4.69) is 25.6 Å². The Morgan fingerprint density at radius 1 is 1.20 bits per heavy atom. The Morgan fingerprint density at radius 3 is 2.20 bits per heavy atom. The first-order valence-corrected chi connectivity index (χ1v) is 7.66. The van der Waals surface area contributed by atoms with Crippen molar-refractivity contribution in [2.75, 3.05) is 5.73 Å². The summed E-state index contributed by atoms with van der Waals surface area (Å²) in [7, 11) is -4.91. The molecule has 110 valence electrons. The molecule has 0 aliphatic heterocycles. The maximum absolute atomic E-state index is 12.8. The highest BCUT2D eigenvalue weighted by molar-refractivity contribution is 8.65. The molecule has 0 saturated carbocycles. The molecule has 2 aromatic rings. The van der Waals surface area contributed by atoms with E-state index in [-0.39, 0.29) is 11.5 Å². The zero-order chi connectivity index (χ0) is 15.2. The second-order valence-electron chi connectivity index (χ2n) is 3.70. The number of rotatable bonds is 2. The monoisotopic (exact) mass is 331 g/mol. The summed E-state index contributed by atoms with van der Waals surface area (Å²) in [5.74, 6) is -0.0622. The number of nitrogen functional groups attached to an aromatic ring is 1. The summed E-state index contributed by atoms with van der Waals surface area (Å²) in [6, 6.07) is 1.24. The van der Waals surface area contributed by atoms with Gasteiger partial charge in [-0.25, -0.2) is 14.8 Å². The van der Waals surface area contributed by atoms with Gasteiger partial charge in [-0.05, 0) is 6.07 Å². The van der Waals surface area contributed by atoms with Crippen LogP contribution in [0.1, 0.15) is 0 Å². The van der Waals surface area contributed by atoms with E-state index in [9.17, 15) is 20.3 Å². The second kappa shape index (κ2) is 3.61. The molecule has 0 aromatic carbocycles. The third-order valence-electron chi connectivity index (χ3n) is 2.06. The predicted molar refractivity (Wildman–Crippen MR) is 66.0 cm³/mol. The van der Waals surface area contributed by atoms with Crippen LogP contribution in [-0.2, 0) is 0 Å². The summed E-state index contributed by atoms with van der Waals surface area (Å²) in [5, 5.41) is -2.09. The van der Waals surface area contributed by atoms with Gasteiger partial charge in [-0.1, -0.05) is 0 Å². The van der Waals surface area contributed by atoms with Gasteiger partial charge in [0.05, 0.1) is 18.1 Å². The van der Waals surface area contributed by atoms with E-state index >= 15 is 0 Å². The largest absolute Gasteiger partial charge is 0.383 e. The standard InChI is InChI=1S/C8H6ClF4N5OS/c9-20(10,11,12,13)7-15-3-5(4-16-7)18-2-1-6(14)17-8(18)19/h1-4H,(H2,14,17,19). The van der Waals surface area contributed by atoms with Gasteiger partial charge in [-0.15, -0.1) is 15.5 Å². The van der Waals surface area contributed by atoms with E-state index in [4.69, 9.17) is 5.73 Å². The second-order valence-corrected chi connectivity index (χ2v) is 7.86. The van der Waals surface area contributed by atoms with Gasteiger partial charge in [0.2, 0.25) is 0 Å². The summed E-state index contributed by atoms with van der Waals surface area (Å²) in [6.45, 7) is 0. The highest BCUT2D eigenvalue weighted by atomic mass is 35.7. The van der Waals surface area contributed by atoms with Gasteiger partial charge in [-0.2, -0.15) is 4.98 Å². The Labute approximate surface area is 113 Å². The van der Waals surface area contributed by atoms with Crippen LogP contribution in [0.15, 0.2) is 34.6 Å². The first-order chi connectivity index (χ1) is 8.86. The lowest BCUT2D eigenvalue weighted by molar-refractivity contribution is 0.463. The molecule has 0 unspecified atom stereocenters. The summed E-state index contributed by atoms with van der Waals surface area (Å²) in [6.07, 6.45) is 2.36. The number of halogens is 5. The van der Waals surface area contributed by atoms with Gasteiger partial charge in [0.25, 0.3) is 14.2 Å². The molecule has 2 heterocycles. The fraction of sp³-hybridized carbons (Fsp3) is 0. The van der Waals surface area contributed by atoms with E-state index in [1.807, 2.05) is 0 Å². The molecule has 0 bridgehead atoms. The quantitative estimate of drug-likeness (QED) is 0.675. The van der Waals surface area contributed by atoms with Gasteiger partial charge in [0, 0.05) is 16.9 Å². The lowest BCUT2D eigenvalue weighted by Crippen LogP contribution is -2.22. The number of hydrogen-bond donors (Lipinski definition) is 1. The van der Waals surface area contributed by atoms with E-state index in [1.54, 1.807) is 0 Å². The van der Waals surface area contributed by atoms with Crippen LogP contribution in [-0.4, -0.2) is 19.5 Å². The molecule has 2 aromatic heterocycles. The molecule has 20 heavy (non-hydrogen) atoms. The van der Waals surface area contributed by atoms with Crippen molar-refractivity contribution in [2.24, 2.45) is 0 Å². The van der Waals surface area contributed by atoms with Crippen molar-refractivity contribution in [1.29, 1.82) is 0 Å². The Balaban J connectivity index is 2.52. The van der Waals surface area contributed by atoms with E-state index in [0.717, 1.165) is 10.8 Å². The number of nitrogens with two attached hydrogens (primary N) is 1. The number of hydrogen-bond acceptors (Lipinski definition) is 5. The molecule has 0 atom stereocenters. The minimum absolute atomic E-state index is 0.0622. The summed E-state index contributed by atoms with van der Waals surface area (Å²) >= 11 is 0. The van der Waals surface area contributed by atoms with Gasteiger partial charge in [0.15, 0.2) is 0 Å². The van der Waals surface area contributed by atoms with Crippen molar-refractivity contribution >= 4 is 25.6 Å². The van der Waals surface area contributed by atoms with Crippen LogP contribution < -0.4 is 11.4 Å². The molecule has 0 aliphatic carbocycles. The maximum Gasteiger partial charge on any atom is 0.354 e. The van der Waals surface area contributed by atoms with Crippen molar-refractivity contribution < 1.29 is 15.5 Å². The molecule has 0 saturated heterocycles. The van der Waals surface area contributed by atoms with E-state index < -0.39 is 19.9 Å². The smallest absolute Gasteiger partial charge is 0.354 e. The first kappa shape index (κ1) is 14.5. The van der Waals surface area contributed by atoms with Gasteiger partial charge < -0.3 is 5.73 Å². The summed E-state index contributed by atoms with van der Waals surface area (Å²) in [5.41, 5.74) is 4.26. The summed E-state index contributed by atoms with van der Waals surface area (Å²) < 4.78 is 52.1. The third kappa shape index (κ3) is 2.99. The zero-order valence-electron chi connectivity index (χ0n) is 9.38. The molecule has 12 heteroatoms. The molecular formula is C8H6ClF4N5OS. The van der Waals surface area contributed by atoms with Crippen LogP contribution >= 0.6 is 19.7 Å². The molecule has 6 nitrogen and oxygen atoms in total.